The van der Waals surface area contributed by atoms with Crippen LogP contribution in [0.3, 0.4) is 0 Å². The third-order valence-corrected chi connectivity index (χ3v) is 5.31. The van der Waals surface area contributed by atoms with Crippen LogP contribution in [0.25, 0.3) is 11.2 Å². The number of rotatable bonds is 10. The van der Waals surface area contributed by atoms with Crippen LogP contribution in [0.15, 0.2) is 12.7 Å². The molecule has 7 N–H and O–H groups in total. The quantitative estimate of drug-likeness (QED) is 0.141. The normalized spacial score (nSPS) is 21.1. The van der Waals surface area contributed by atoms with Crippen molar-refractivity contribution in [3.05, 3.63) is 12.7 Å². The molecule has 17 heteroatoms. The van der Waals surface area contributed by atoms with Gasteiger partial charge >= 0.3 is 19.7 Å². The van der Waals surface area contributed by atoms with Gasteiger partial charge in [0.2, 0.25) is 0 Å². The number of nitrogen functional groups attached to an aromatic ring is 1. The van der Waals surface area contributed by atoms with Gasteiger partial charge < -0.3 is 35.3 Å². The second-order valence-electron chi connectivity index (χ2n) is 7.28. The molecule has 1 saturated heterocycles. The van der Waals surface area contributed by atoms with Crippen molar-refractivity contribution < 1.29 is 42.9 Å². The van der Waals surface area contributed by atoms with Gasteiger partial charge in [-0.2, -0.15) is 0 Å². The van der Waals surface area contributed by atoms with Crippen molar-refractivity contribution in [2.24, 2.45) is 5.50 Å². The summed E-state index contributed by atoms with van der Waals surface area (Å²) >= 11 is 0. The summed E-state index contributed by atoms with van der Waals surface area (Å²) < 4.78 is 31.6. The molecule has 1 fully saturated rings. The number of aliphatic hydroxyl groups excluding tert-OH is 1. The van der Waals surface area contributed by atoms with Crippen LogP contribution in [0.2, 0.25) is 0 Å². The van der Waals surface area contributed by atoms with Crippen LogP contribution in [-0.4, -0.2) is 87.6 Å². The molecular formula is C18H30N7O9P. The van der Waals surface area contributed by atoms with E-state index < -0.39 is 26.2 Å². The molecule has 196 valence electrons. The van der Waals surface area contributed by atoms with Crippen LogP contribution in [0.5, 0.6) is 0 Å². The Hall–Kier alpha value is -2.72. The monoisotopic (exact) mass is 519 g/mol. The molecule has 35 heavy (non-hydrogen) atoms. The van der Waals surface area contributed by atoms with Gasteiger partial charge in [-0.25, -0.2) is 25.0 Å². The number of nitrogens with one attached hydrogen (secondary N) is 1. The molecule has 0 aliphatic carbocycles. The van der Waals surface area contributed by atoms with Crippen LogP contribution in [0.1, 0.15) is 25.5 Å². The number of aliphatic hydroxyl groups is 1. The molecule has 1 aliphatic heterocycles. The van der Waals surface area contributed by atoms with Crippen LogP contribution in [0, 0.1) is 0 Å². The zero-order valence-corrected chi connectivity index (χ0v) is 20.2. The first-order valence-corrected chi connectivity index (χ1v) is 12.1. The van der Waals surface area contributed by atoms with Gasteiger partial charge in [0.25, 0.3) is 0 Å². The molecule has 16 nitrogen and oxygen atoms in total. The largest absolute Gasteiger partial charge is 0.469 e. The second-order valence-corrected chi connectivity index (χ2v) is 8.66. The smallest absolute Gasteiger partial charge is 0.400 e. The molecule has 3 heterocycles. The van der Waals surface area contributed by atoms with E-state index in [0.29, 0.717) is 37.1 Å². The SMILES string of the molecule is COC(=O)CCNCCC(=O)OC.Nc1ncnc2c1ncn2[C@H]1C[C@H](O)[C@@H](COP(N)(=O)O)O1. The maximum atomic E-state index is 10.9. The van der Waals surface area contributed by atoms with Gasteiger partial charge in [0.1, 0.15) is 24.2 Å². The molecule has 2 aromatic heterocycles. The lowest BCUT2D eigenvalue weighted by atomic mass is 10.2. The highest BCUT2D eigenvalue weighted by Crippen LogP contribution is 2.36. The first-order chi connectivity index (χ1) is 16.6. The number of carbonyl (C=O) groups is 2. The van der Waals surface area contributed by atoms with Gasteiger partial charge in [0.05, 0.1) is 46.1 Å². The third-order valence-electron chi connectivity index (χ3n) is 4.79. The Morgan fingerprint density at radius 2 is 1.86 bits per heavy atom. The zero-order chi connectivity index (χ0) is 26.0. The van der Waals surface area contributed by atoms with Gasteiger partial charge in [0.15, 0.2) is 11.5 Å². The van der Waals surface area contributed by atoms with E-state index in [0.717, 1.165) is 0 Å². The van der Waals surface area contributed by atoms with E-state index >= 15 is 0 Å². The van der Waals surface area contributed by atoms with E-state index in [9.17, 15) is 19.3 Å². The standard InChI is InChI=1S/C10H15N6O5P.C8H15NO4/c11-9-8-10(14-3-13-9)16(4-15-8)7-1-5(17)6(21-7)2-20-22(12,18)19;1-12-7(10)3-5-9-6-4-8(11)13-2/h3-7,17H,1-2H2,(H2,11,13,14)(H3,12,18,19);9H,3-6H2,1-2H3/t5-,6+,7+;/m0./s1. The lowest BCUT2D eigenvalue weighted by molar-refractivity contribution is -0.140. The van der Waals surface area contributed by atoms with Gasteiger partial charge in [-0.1, -0.05) is 0 Å². The number of hydrogen-bond donors (Lipinski definition) is 5. The molecule has 2 aromatic rings. The van der Waals surface area contributed by atoms with Crippen molar-refractivity contribution in [3.8, 4) is 0 Å². The maximum Gasteiger partial charge on any atom is 0.400 e. The highest BCUT2D eigenvalue weighted by atomic mass is 31.2. The average Bonchev–Trinajstić information content (AvgIpc) is 3.41. The fourth-order valence-corrected chi connectivity index (χ4v) is 3.37. The molecule has 0 bridgehead atoms. The van der Waals surface area contributed by atoms with Crippen molar-refractivity contribution in [3.63, 3.8) is 0 Å². The predicted octanol–water partition coefficient (Wildman–Crippen LogP) is -1.17. The van der Waals surface area contributed by atoms with Crippen molar-refractivity contribution in [2.45, 2.75) is 37.7 Å². The number of fused-ring (bicyclic) bond motifs is 1. The number of aromatic nitrogens is 4. The Bertz CT molecular complexity index is 1010. The van der Waals surface area contributed by atoms with E-state index in [2.05, 4.69) is 34.3 Å². The highest BCUT2D eigenvalue weighted by Gasteiger charge is 2.37. The Kier molecular flexibility index (Phi) is 10.9. The summed E-state index contributed by atoms with van der Waals surface area (Å²) in [4.78, 5) is 42.2. The van der Waals surface area contributed by atoms with Crippen LogP contribution in [-0.2, 0) is 32.9 Å². The molecule has 0 amide bonds. The summed E-state index contributed by atoms with van der Waals surface area (Å²) in [5.41, 5.74) is 11.5. The second kappa shape index (κ2) is 13.4. The number of imidazole rings is 1. The van der Waals surface area contributed by atoms with Crippen LogP contribution in [0.4, 0.5) is 5.82 Å². The molecular weight excluding hydrogens is 489 g/mol. The van der Waals surface area contributed by atoms with Gasteiger partial charge in [-0.3, -0.25) is 18.7 Å². The summed E-state index contributed by atoms with van der Waals surface area (Å²) in [5.74, 6) is -0.275. The van der Waals surface area contributed by atoms with Crippen LogP contribution < -0.4 is 16.6 Å². The summed E-state index contributed by atoms with van der Waals surface area (Å²) in [7, 11) is -1.43. The number of ether oxygens (including phenoxy) is 3. The molecule has 4 atom stereocenters. The number of hydrogen-bond acceptors (Lipinski definition) is 13. The Morgan fingerprint density at radius 1 is 1.23 bits per heavy atom. The zero-order valence-electron chi connectivity index (χ0n) is 19.3. The summed E-state index contributed by atoms with van der Waals surface area (Å²) in [6, 6.07) is 0. The van der Waals surface area contributed by atoms with Crippen molar-refractivity contribution >= 4 is 36.7 Å². The summed E-state index contributed by atoms with van der Waals surface area (Å²) in [6.45, 7) is 0.735. The van der Waals surface area contributed by atoms with Gasteiger partial charge in [-0.05, 0) is 0 Å². The maximum absolute atomic E-state index is 10.9. The topological polar surface area (TPSA) is 236 Å². The molecule has 0 spiro atoms. The summed E-state index contributed by atoms with van der Waals surface area (Å²) in [6.07, 6.45) is 1.44. The van der Waals surface area contributed by atoms with Crippen molar-refractivity contribution in [1.82, 2.24) is 24.8 Å². The van der Waals surface area contributed by atoms with Gasteiger partial charge in [0, 0.05) is 19.5 Å². The molecule has 1 aliphatic rings. The number of esters is 2. The third kappa shape index (κ3) is 9.10. The minimum atomic E-state index is -4.12. The van der Waals surface area contributed by atoms with Crippen molar-refractivity contribution in [2.75, 3.05) is 39.6 Å². The van der Waals surface area contributed by atoms with Crippen LogP contribution >= 0.6 is 7.75 Å². The molecule has 1 unspecified atom stereocenters. The van der Waals surface area contributed by atoms with Gasteiger partial charge in [-0.15, -0.1) is 0 Å². The van der Waals surface area contributed by atoms with E-state index in [1.807, 2.05) is 0 Å². The highest BCUT2D eigenvalue weighted by molar-refractivity contribution is 7.50. The predicted molar refractivity (Wildman–Crippen MR) is 120 cm³/mol. The first kappa shape index (κ1) is 28.5. The molecule has 0 saturated carbocycles. The number of nitrogens with two attached hydrogens (primary N) is 2. The number of carbonyl (C=O) groups excluding carboxylic acids is 2. The van der Waals surface area contributed by atoms with E-state index in [4.69, 9.17) is 20.9 Å². The lowest BCUT2D eigenvalue weighted by Crippen LogP contribution is -2.26. The number of nitrogens with zero attached hydrogens (tertiary/aromatic N) is 4. The minimum absolute atomic E-state index is 0.240. The van der Waals surface area contributed by atoms with E-state index in [1.54, 1.807) is 4.57 Å². The van der Waals surface area contributed by atoms with E-state index in [1.165, 1.54) is 26.9 Å². The first-order valence-electron chi connectivity index (χ1n) is 10.4. The van der Waals surface area contributed by atoms with E-state index in [-0.39, 0.29) is 30.8 Å². The average molecular weight is 519 g/mol. The lowest BCUT2D eigenvalue weighted by Gasteiger charge is -2.16. The summed E-state index contributed by atoms with van der Waals surface area (Å²) in [5, 5.41) is 12.9. The minimum Gasteiger partial charge on any atom is -0.469 e. The fraction of sp³-hybridized carbons (Fsp3) is 0.611. The Balaban J connectivity index is 0.000000287. The number of methoxy groups -OCH3 is 2. The number of anilines is 1. The Labute approximate surface area is 200 Å². The molecule has 0 radical (unpaired) electrons. The Morgan fingerprint density at radius 3 is 2.43 bits per heavy atom. The fourth-order valence-electron chi connectivity index (χ4n) is 3.01. The van der Waals surface area contributed by atoms with Crippen molar-refractivity contribution in [1.29, 1.82) is 0 Å². The molecule has 0 aromatic carbocycles. The molecule has 3 rings (SSSR count).